The lowest BCUT2D eigenvalue weighted by Gasteiger charge is -2.18. The van der Waals surface area contributed by atoms with Crippen LogP contribution in [0.25, 0.3) is 0 Å². The van der Waals surface area contributed by atoms with E-state index in [2.05, 4.69) is 29.5 Å². The second-order valence-corrected chi connectivity index (χ2v) is 6.55. The molecule has 0 saturated carbocycles. The van der Waals surface area contributed by atoms with Crippen LogP contribution < -0.4 is 0 Å². The summed E-state index contributed by atoms with van der Waals surface area (Å²) < 4.78 is 0. The van der Waals surface area contributed by atoms with Gasteiger partial charge in [0.1, 0.15) is 5.75 Å². The summed E-state index contributed by atoms with van der Waals surface area (Å²) in [6.07, 6.45) is 14.4. The Hall–Kier alpha value is -1.68. The van der Waals surface area contributed by atoms with Gasteiger partial charge < -0.3 is 10.3 Å². The molecule has 22 heavy (non-hydrogen) atoms. The van der Waals surface area contributed by atoms with Crippen LogP contribution in [0.5, 0.6) is 5.75 Å². The van der Waals surface area contributed by atoms with Crippen molar-refractivity contribution < 1.29 is 10.3 Å². The van der Waals surface area contributed by atoms with Crippen molar-refractivity contribution in [1.82, 2.24) is 0 Å². The van der Waals surface area contributed by atoms with Crippen molar-refractivity contribution in [3.05, 3.63) is 48.6 Å². The van der Waals surface area contributed by atoms with E-state index in [0.29, 0.717) is 0 Å². The third-order valence-corrected chi connectivity index (χ3v) is 5.02. The summed E-state index contributed by atoms with van der Waals surface area (Å²) in [5, 5.41) is 23.0. The van der Waals surface area contributed by atoms with E-state index in [0.717, 1.165) is 49.1 Å². The van der Waals surface area contributed by atoms with Crippen molar-refractivity contribution in [2.45, 2.75) is 48.7 Å². The lowest BCUT2D eigenvalue weighted by Crippen LogP contribution is -2.17. The van der Waals surface area contributed by atoms with Gasteiger partial charge in [0.05, 0.1) is 11.0 Å². The summed E-state index contributed by atoms with van der Waals surface area (Å²) in [6, 6.07) is 7.32. The van der Waals surface area contributed by atoms with E-state index < -0.39 is 0 Å². The van der Waals surface area contributed by atoms with Crippen molar-refractivity contribution in [3.63, 3.8) is 0 Å². The molecule has 3 nitrogen and oxygen atoms in total. The van der Waals surface area contributed by atoms with Gasteiger partial charge in [0.15, 0.2) is 0 Å². The molecule has 0 radical (unpaired) electrons. The molecule has 1 aliphatic rings. The Balaban J connectivity index is 2.13. The number of benzene rings is 1. The van der Waals surface area contributed by atoms with Crippen LogP contribution in [0.2, 0.25) is 0 Å². The molecule has 2 rings (SSSR count). The smallest absolute Gasteiger partial charge is 0.129 e. The van der Waals surface area contributed by atoms with Gasteiger partial charge in [-0.15, -0.1) is 11.8 Å². The highest BCUT2D eigenvalue weighted by atomic mass is 32.2. The average Bonchev–Trinajstić information content (AvgIpc) is 2.52. The molecular formula is C18H23NO2S. The Morgan fingerprint density at radius 2 is 1.64 bits per heavy atom. The number of phenolic OH excluding ortho intramolecular Hbond substituents is 1. The van der Waals surface area contributed by atoms with Crippen molar-refractivity contribution in [2.24, 2.45) is 5.16 Å². The number of aromatic hydroxyl groups is 1. The highest BCUT2D eigenvalue weighted by Gasteiger charge is 2.19. The molecule has 1 aromatic rings. The zero-order valence-electron chi connectivity index (χ0n) is 12.7. The molecule has 2 N–H and O–H groups in total. The lowest BCUT2D eigenvalue weighted by molar-refractivity contribution is 0.316. The van der Waals surface area contributed by atoms with E-state index in [9.17, 15) is 10.3 Å². The van der Waals surface area contributed by atoms with Gasteiger partial charge in [-0.2, -0.15) is 0 Å². The molecule has 0 fully saturated rings. The monoisotopic (exact) mass is 317 g/mol. The van der Waals surface area contributed by atoms with Crippen LogP contribution in [-0.2, 0) is 0 Å². The minimum atomic E-state index is 0.0794. The van der Waals surface area contributed by atoms with Crippen molar-refractivity contribution >= 4 is 17.5 Å². The highest BCUT2D eigenvalue weighted by Crippen LogP contribution is 2.34. The van der Waals surface area contributed by atoms with Crippen LogP contribution >= 0.6 is 11.8 Å². The van der Waals surface area contributed by atoms with E-state index >= 15 is 0 Å². The lowest BCUT2D eigenvalue weighted by atomic mass is 10.1. The third kappa shape index (κ3) is 5.26. The average molecular weight is 317 g/mol. The van der Waals surface area contributed by atoms with Crippen molar-refractivity contribution in [3.8, 4) is 5.75 Å². The maximum absolute atomic E-state index is 9.96. The number of para-hydroxylation sites is 1. The Morgan fingerprint density at radius 3 is 2.36 bits per heavy atom. The second kappa shape index (κ2) is 9.36. The van der Waals surface area contributed by atoms with Crippen LogP contribution in [0, 0.1) is 0 Å². The topological polar surface area (TPSA) is 52.8 Å². The first-order valence-corrected chi connectivity index (χ1v) is 8.64. The van der Waals surface area contributed by atoms with Gasteiger partial charge in [-0.25, -0.2) is 0 Å². The molecule has 0 unspecified atom stereocenters. The normalized spacial score (nSPS) is 25.1. The number of thioether (sulfide) groups is 1. The van der Waals surface area contributed by atoms with Crippen LogP contribution in [0.1, 0.15) is 38.5 Å². The second-order valence-electron chi connectivity index (χ2n) is 5.30. The van der Waals surface area contributed by atoms with E-state index in [1.807, 2.05) is 18.2 Å². The van der Waals surface area contributed by atoms with Gasteiger partial charge in [0.25, 0.3) is 0 Å². The Kier molecular flexibility index (Phi) is 7.10. The van der Waals surface area contributed by atoms with Gasteiger partial charge in [0.2, 0.25) is 0 Å². The van der Waals surface area contributed by atoms with Crippen molar-refractivity contribution in [2.75, 3.05) is 0 Å². The van der Waals surface area contributed by atoms with Gasteiger partial charge in [0, 0.05) is 4.90 Å². The minimum Gasteiger partial charge on any atom is -0.507 e. The van der Waals surface area contributed by atoms with Gasteiger partial charge in [-0.1, -0.05) is 41.6 Å². The number of hydrogen-bond acceptors (Lipinski definition) is 4. The number of hydrogen-bond donors (Lipinski definition) is 2. The Bertz CT molecular complexity index is 552. The summed E-state index contributed by atoms with van der Waals surface area (Å²) in [4.78, 5) is 0.834. The fourth-order valence-corrected chi connectivity index (χ4v) is 3.63. The number of rotatable bonds is 2. The van der Waals surface area contributed by atoms with E-state index in [1.54, 1.807) is 17.8 Å². The summed E-state index contributed by atoms with van der Waals surface area (Å²) in [5.74, 6) is 0.284. The number of oxime groups is 1. The zero-order chi connectivity index (χ0) is 15.6. The first kappa shape index (κ1) is 16.7. The quantitative estimate of drug-likeness (QED) is 0.450. The molecule has 0 spiro atoms. The fourth-order valence-electron chi connectivity index (χ4n) is 2.42. The summed E-state index contributed by atoms with van der Waals surface area (Å²) in [5.41, 5.74) is 0.798. The first-order valence-electron chi connectivity index (χ1n) is 7.76. The third-order valence-electron chi connectivity index (χ3n) is 3.63. The van der Waals surface area contributed by atoms with Gasteiger partial charge in [-0.05, 0) is 50.7 Å². The standard InChI is InChI=1S/C18H23NO2S/c20-16-12-9-10-14-18(16)22-17-13-8-6-4-2-1-3-5-7-11-15(17)19-21/h3-6,9-10,12,14,17,20-21H,1-2,7-8,11,13H2/b5-3+,6-4+,19-15-/t17-/m1/s1. The molecule has 0 saturated heterocycles. The Morgan fingerprint density at radius 1 is 0.955 bits per heavy atom. The van der Waals surface area contributed by atoms with Crippen LogP contribution in [-0.4, -0.2) is 21.3 Å². The molecule has 4 heteroatoms. The maximum Gasteiger partial charge on any atom is 0.129 e. The van der Waals surface area contributed by atoms with E-state index in [1.165, 1.54) is 0 Å². The van der Waals surface area contributed by atoms with Crippen LogP contribution in [0.15, 0.2) is 58.6 Å². The molecule has 0 bridgehead atoms. The Labute approximate surface area is 136 Å². The molecule has 0 aromatic heterocycles. The summed E-state index contributed by atoms with van der Waals surface area (Å²) >= 11 is 1.58. The zero-order valence-corrected chi connectivity index (χ0v) is 13.5. The first-order chi connectivity index (χ1) is 10.8. The molecule has 0 heterocycles. The summed E-state index contributed by atoms with van der Waals surface area (Å²) in [7, 11) is 0. The molecule has 0 amide bonds. The maximum atomic E-state index is 9.96. The number of nitrogens with zero attached hydrogens (tertiary/aromatic N) is 1. The number of allylic oxidation sites excluding steroid dienone is 4. The van der Waals surface area contributed by atoms with E-state index in [-0.39, 0.29) is 11.0 Å². The predicted molar refractivity (Wildman–Crippen MR) is 93.0 cm³/mol. The largest absolute Gasteiger partial charge is 0.507 e. The molecule has 1 atom stereocenters. The minimum absolute atomic E-state index is 0.0794. The predicted octanol–water partition coefficient (Wildman–Crippen LogP) is 5.15. The molecule has 118 valence electrons. The van der Waals surface area contributed by atoms with Crippen molar-refractivity contribution in [1.29, 1.82) is 0 Å². The van der Waals surface area contributed by atoms with Gasteiger partial charge >= 0.3 is 0 Å². The number of phenols is 1. The molecule has 1 aliphatic carbocycles. The van der Waals surface area contributed by atoms with Gasteiger partial charge in [-0.3, -0.25) is 0 Å². The summed E-state index contributed by atoms with van der Waals surface area (Å²) in [6.45, 7) is 0. The fraction of sp³-hybridized carbons (Fsp3) is 0.389. The highest BCUT2D eigenvalue weighted by molar-refractivity contribution is 8.00. The SMILES string of the molecule is O/N=C1/CC/C=C/CC/C=C/CC[C@H]1Sc1ccccc1O. The molecule has 0 aliphatic heterocycles. The van der Waals surface area contributed by atoms with E-state index in [4.69, 9.17) is 0 Å². The molecule has 1 aromatic carbocycles. The van der Waals surface area contributed by atoms with Crippen LogP contribution in [0.3, 0.4) is 0 Å². The van der Waals surface area contributed by atoms with Crippen LogP contribution in [0.4, 0.5) is 0 Å². The molecular weight excluding hydrogens is 294 g/mol.